The summed E-state index contributed by atoms with van der Waals surface area (Å²) in [6.07, 6.45) is 5.46. The first-order valence-electron chi connectivity index (χ1n) is 13.9. The van der Waals surface area contributed by atoms with Crippen LogP contribution in [0.25, 0.3) is 16.9 Å². The van der Waals surface area contributed by atoms with Crippen molar-refractivity contribution < 1.29 is 23.8 Å². The van der Waals surface area contributed by atoms with Gasteiger partial charge in [-0.1, -0.05) is 12.1 Å². The van der Waals surface area contributed by atoms with Crippen LogP contribution in [0, 0.1) is 5.82 Å². The topological polar surface area (TPSA) is 123 Å². The first kappa shape index (κ1) is 29.2. The maximum Gasteiger partial charge on any atom is 0.410 e. The van der Waals surface area contributed by atoms with Gasteiger partial charge in [-0.05, 0) is 70.4 Å². The van der Waals surface area contributed by atoms with Crippen molar-refractivity contribution in [3.8, 4) is 5.95 Å². The van der Waals surface area contributed by atoms with Crippen molar-refractivity contribution in [1.82, 2.24) is 29.6 Å². The zero-order valence-electron chi connectivity index (χ0n) is 24.5. The van der Waals surface area contributed by atoms with Gasteiger partial charge in [-0.2, -0.15) is 9.78 Å². The molecule has 42 heavy (non-hydrogen) atoms. The fourth-order valence-corrected chi connectivity index (χ4v) is 5.08. The number of halogens is 1. The van der Waals surface area contributed by atoms with E-state index in [2.05, 4.69) is 15.1 Å². The third kappa shape index (κ3) is 6.62. The number of carbonyl (C=O) groups is 2. The van der Waals surface area contributed by atoms with Gasteiger partial charge < -0.3 is 14.7 Å². The molecule has 0 saturated heterocycles. The molecule has 0 unspecified atom stereocenters. The van der Waals surface area contributed by atoms with Crippen molar-refractivity contribution in [3.63, 3.8) is 0 Å². The number of amides is 1. The van der Waals surface area contributed by atoms with Gasteiger partial charge in [0.15, 0.2) is 0 Å². The van der Waals surface area contributed by atoms with E-state index in [9.17, 15) is 19.1 Å². The van der Waals surface area contributed by atoms with Crippen LogP contribution < -0.4 is 0 Å². The van der Waals surface area contributed by atoms with E-state index < -0.39 is 17.1 Å². The fourth-order valence-electron chi connectivity index (χ4n) is 5.08. The minimum Gasteiger partial charge on any atom is -0.444 e. The summed E-state index contributed by atoms with van der Waals surface area (Å²) in [4.78, 5) is 41.0. The standard InChI is InChI=1S/C31H35FN6O4/c1-30(2,3)42-29(40)37-11-10-20-15-34-28(36-26(20)18-37)38-27-17-33-23(12-21(27)16-35-38)13-24(39)14-25(31(4,5)41)19-6-8-22(32)9-7-19/h6-9,12,15-17,25,41H,10-11,13-14,18H2,1-5H3/t25-/m0/s1. The Balaban J connectivity index is 1.31. The van der Waals surface area contributed by atoms with E-state index in [0.29, 0.717) is 42.2 Å². The largest absolute Gasteiger partial charge is 0.444 e. The van der Waals surface area contributed by atoms with Gasteiger partial charge >= 0.3 is 6.09 Å². The Kier molecular flexibility index (Phi) is 7.80. The minimum atomic E-state index is -1.18. The van der Waals surface area contributed by atoms with E-state index in [0.717, 1.165) is 16.6 Å². The number of carbonyl (C=O) groups excluding carboxylic acids is 2. The Morgan fingerprint density at radius 3 is 2.50 bits per heavy atom. The number of aromatic nitrogens is 5. The Bertz CT molecular complexity index is 1620. The normalized spacial score (nSPS) is 14.5. The molecular formula is C31H35FN6O4. The molecule has 4 aromatic rings. The second-order valence-electron chi connectivity index (χ2n) is 12.3. The van der Waals surface area contributed by atoms with Gasteiger partial charge in [0.2, 0.25) is 0 Å². The van der Waals surface area contributed by atoms with Gasteiger partial charge in [0, 0.05) is 42.6 Å². The van der Waals surface area contributed by atoms with Crippen molar-refractivity contribution in [1.29, 1.82) is 0 Å². The highest BCUT2D eigenvalue weighted by Crippen LogP contribution is 2.32. The number of ether oxygens (including phenoxy) is 1. The number of Topliss-reactive ketones (excluding diaryl/α,β-unsaturated/α-hetero) is 1. The van der Waals surface area contributed by atoms with Crippen LogP contribution >= 0.6 is 0 Å². The van der Waals surface area contributed by atoms with Gasteiger partial charge in [0.1, 0.15) is 17.2 Å². The van der Waals surface area contributed by atoms with E-state index in [1.807, 2.05) is 20.8 Å². The Morgan fingerprint density at radius 1 is 1.07 bits per heavy atom. The summed E-state index contributed by atoms with van der Waals surface area (Å²) >= 11 is 0. The van der Waals surface area contributed by atoms with Crippen LogP contribution in [0.1, 0.15) is 69.5 Å². The number of fused-ring (bicyclic) bond motifs is 2. The van der Waals surface area contributed by atoms with Crippen molar-refractivity contribution in [2.24, 2.45) is 0 Å². The zero-order valence-corrected chi connectivity index (χ0v) is 24.5. The second-order valence-corrected chi connectivity index (χ2v) is 12.3. The molecule has 10 nitrogen and oxygen atoms in total. The van der Waals surface area contributed by atoms with Crippen LogP contribution in [0.15, 0.2) is 48.9 Å². The van der Waals surface area contributed by atoms with Gasteiger partial charge in [0.25, 0.3) is 5.95 Å². The van der Waals surface area contributed by atoms with Crippen molar-refractivity contribution in [2.75, 3.05) is 6.54 Å². The number of rotatable bonds is 7. The highest BCUT2D eigenvalue weighted by molar-refractivity contribution is 5.84. The molecular weight excluding hydrogens is 539 g/mol. The number of benzene rings is 1. The molecule has 1 N–H and O–H groups in total. The van der Waals surface area contributed by atoms with Crippen LogP contribution in [0.5, 0.6) is 0 Å². The molecule has 1 aliphatic rings. The van der Waals surface area contributed by atoms with E-state index in [1.54, 1.807) is 60.2 Å². The SMILES string of the molecule is CC(C)(C)OC(=O)N1CCc2cnc(-n3ncc4cc(CC(=O)C[C@@H](c5ccc(F)cc5)C(C)(C)O)ncc43)nc2C1. The van der Waals surface area contributed by atoms with Crippen molar-refractivity contribution >= 4 is 22.8 Å². The first-order chi connectivity index (χ1) is 19.8. The van der Waals surface area contributed by atoms with Gasteiger partial charge in [0.05, 0.1) is 35.8 Å². The number of pyridine rings is 1. The van der Waals surface area contributed by atoms with Crippen molar-refractivity contribution in [2.45, 2.75) is 77.5 Å². The summed E-state index contributed by atoms with van der Waals surface area (Å²) in [7, 11) is 0. The van der Waals surface area contributed by atoms with Crippen LogP contribution in [0.4, 0.5) is 9.18 Å². The number of aliphatic hydroxyl groups is 1. The quantitative estimate of drug-likeness (QED) is 0.337. The molecule has 0 fully saturated rings. The molecule has 0 spiro atoms. The maximum absolute atomic E-state index is 13.4. The molecule has 5 rings (SSSR count). The molecule has 0 radical (unpaired) electrons. The van der Waals surface area contributed by atoms with E-state index in [4.69, 9.17) is 9.72 Å². The molecule has 1 aromatic carbocycles. The zero-order chi connectivity index (χ0) is 30.2. The van der Waals surface area contributed by atoms with Crippen LogP contribution in [0.2, 0.25) is 0 Å². The maximum atomic E-state index is 13.4. The van der Waals surface area contributed by atoms with E-state index in [-0.39, 0.29) is 30.5 Å². The molecule has 1 aliphatic heterocycles. The monoisotopic (exact) mass is 574 g/mol. The molecule has 1 amide bonds. The third-order valence-corrected chi connectivity index (χ3v) is 7.22. The Labute approximate surface area is 243 Å². The minimum absolute atomic E-state index is 0.0741. The lowest BCUT2D eigenvalue weighted by Crippen LogP contribution is -2.40. The van der Waals surface area contributed by atoms with E-state index in [1.165, 1.54) is 12.1 Å². The molecule has 1 atom stereocenters. The number of ketones is 1. The molecule has 0 saturated carbocycles. The molecule has 0 aliphatic carbocycles. The smallest absolute Gasteiger partial charge is 0.410 e. The lowest BCUT2D eigenvalue weighted by molar-refractivity contribution is -0.120. The summed E-state index contributed by atoms with van der Waals surface area (Å²) in [5, 5.41) is 15.9. The molecule has 4 heterocycles. The fraction of sp³-hybridized carbons (Fsp3) is 0.419. The molecule has 3 aromatic heterocycles. The Morgan fingerprint density at radius 2 is 1.81 bits per heavy atom. The third-order valence-electron chi connectivity index (χ3n) is 7.22. The van der Waals surface area contributed by atoms with Crippen molar-refractivity contribution in [3.05, 3.63) is 77.3 Å². The number of hydrogen-bond donors (Lipinski definition) is 1. The number of nitrogens with zero attached hydrogens (tertiary/aromatic N) is 6. The first-order valence-corrected chi connectivity index (χ1v) is 13.9. The summed E-state index contributed by atoms with van der Waals surface area (Å²) < 4.78 is 20.5. The van der Waals surface area contributed by atoms with Gasteiger partial charge in [-0.25, -0.2) is 19.2 Å². The molecule has 220 valence electrons. The lowest BCUT2D eigenvalue weighted by atomic mass is 9.80. The second kappa shape index (κ2) is 11.2. The lowest BCUT2D eigenvalue weighted by Gasteiger charge is -2.30. The van der Waals surface area contributed by atoms with Crippen LogP contribution in [0.3, 0.4) is 0 Å². The Hall–Kier alpha value is -4.25. The van der Waals surface area contributed by atoms with Gasteiger partial charge in [-0.3, -0.25) is 9.78 Å². The highest BCUT2D eigenvalue weighted by Gasteiger charge is 2.31. The average Bonchev–Trinajstić information content (AvgIpc) is 3.33. The molecule has 11 heteroatoms. The van der Waals surface area contributed by atoms with Crippen LogP contribution in [-0.2, 0) is 28.9 Å². The summed E-state index contributed by atoms with van der Waals surface area (Å²) in [5.41, 5.74) is 1.88. The number of hydrogen-bond acceptors (Lipinski definition) is 8. The summed E-state index contributed by atoms with van der Waals surface area (Å²) in [6.45, 7) is 9.63. The molecule has 0 bridgehead atoms. The van der Waals surface area contributed by atoms with Crippen LogP contribution in [-0.4, -0.2) is 64.4 Å². The highest BCUT2D eigenvalue weighted by atomic mass is 19.1. The summed E-state index contributed by atoms with van der Waals surface area (Å²) in [5.74, 6) is -0.614. The predicted octanol–water partition coefficient (Wildman–Crippen LogP) is 4.70. The van der Waals surface area contributed by atoms with E-state index >= 15 is 0 Å². The predicted molar refractivity (Wildman–Crippen MR) is 154 cm³/mol. The average molecular weight is 575 g/mol. The van der Waals surface area contributed by atoms with Gasteiger partial charge in [-0.15, -0.1) is 0 Å². The summed E-state index contributed by atoms with van der Waals surface area (Å²) in [6, 6.07) is 7.66.